The Balaban J connectivity index is 2.32. The highest BCUT2D eigenvalue weighted by Gasteiger charge is 2.27. The van der Waals surface area contributed by atoms with Crippen LogP contribution in [0.3, 0.4) is 0 Å². The van der Waals surface area contributed by atoms with Gasteiger partial charge in [0.2, 0.25) is 0 Å². The van der Waals surface area contributed by atoms with Crippen LogP contribution in [0.4, 0.5) is 5.69 Å². The first-order valence-corrected chi connectivity index (χ1v) is 7.27. The monoisotopic (exact) mass is 279 g/mol. The average molecular weight is 279 g/mol. The molecule has 0 bridgehead atoms. The topological polar surface area (TPSA) is 52.9 Å². The lowest BCUT2D eigenvalue weighted by Gasteiger charge is -2.28. The molecule has 112 valence electrons. The summed E-state index contributed by atoms with van der Waals surface area (Å²) >= 11 is 0. The Morgan fingerprint density at radius 1 is 1.30 bits per heavy atom. The molecule has 0 radical (unpaired) electrons. The number of methoxy groups -OCH3 is 1. The minimum absolute atomic E-state index is 0.579. The highest BCUT2D eigenvalue weighted by Crippen LogP contribution is 2.36. The van der Waals surface area contributed by atoms with Gasteiger partial charge in [0.05, 0.1) is 18.8 Å². The van der Waals surface area contributed by atoms with Gasteiger partial charge in [-0.05, 0) is 45.2 Å². The van der Waals surface area contributed by atoms with E-state index in [2.05, 4.69) is 4.90 Å². The quantitative estimate of drug-likeness (QED) is 0.892. The number of aliphatic hydroxyl groups is 2. The van der Waals surface area contributed by atoms with Crippen LogP contribution in [-0.4, -0.2) is 36.0 Å². The Labute approximate surface area is 121 Å². The van der Waals surface area contributed by atoms with Crippen molar-refractivity contribution in [2.75, 3.05) is 25.1 Å². The predicted octanol–water partition coefficient (Wildman–Crippen LogP) is 2.49. The molecule has 4 heteroatoms. The van der Waals surface area contributed by atoms with Crippen LogP contribution in [0.1, 0.15) is 44.8 Å². The molecule has 0 aromatic heterocycles. The molecule has 1 aromatic rings. The van der Waals surface area contributed by atoms with Crippen LogP contribution in [0.5, 0.6) is 5.75 Å². The van der Waals surface area contributed by atoms with E-state index in [1.165, 1.54) is 0 Å². The Morgan fingerprint density at radius 3 is 2.70 bits per heavy atom. The van der Waals surface area contributed by atoms with Crippen molar-refractivity contribution in [3.05, 3.63) is 23.8 Å². The van der Waals surface area contributed by atoms with Gasteiger partial charge in [-0.25, -0.2) is 0 Å². The van der Waals surface area contributed by atoms with E-state index in [-0.39, 0.29) is 0 Å². The maximum Gasteiger partial charge on any atom is 0.126 e. The molecule has 1 aliphatic heterocycles. The van der Waals surface area contributed by atoms with E-state index in [1.807, 2.05) is 25.1 Å². The third kappa shape index (κ3) is 3.25. The summed E-state index contributed by atoms with van der Waals surface area (Å²) in [5, 5.41) is 20.3. The van der Waals surface area contributed by atoms with Crippen molar-refractivity contribution in [3.8, 4) is 5.75 Å². The molecule has 0 aliphatic carbocycles. The highest BCUT2D eigenvalue weighted by atomic mass is 16.5. The van der Waals surface area contributed by atoms with E-state index < -0.39 is 11.7 Å². The van der Waals surface area contributed by atoms with Crippen LogP contribution in [0, 0.1) is 0 Å². The molecule has 1 aliphatic rings. The predicted molar refractivity (Wildman–Crippen MR) is 80.3 cm³/mol. The van der Waals surface area contributed by atoms with Crippen LogP contribution in [-0.2, 0) is 0 Å². The Morgan fingerprint density at radius 2 is 2.05 bits per heavy atom. The minimum Gasteiger partial charge on any atom is -0.496 e. The van der Waals surface area contributed by atoms with Gasteiger partial charge >= 0.3 is 0 Å². The maximum atomic E-state index is 10.2. The lowest BCUT2D eigenvalue weighted by molar-refractivity contribution is 0.0481. The normalized spacial score (nSPS) is 25.1. The van der Waals surface area contributed by atoms with Gasteiger partial charge in [0.1, 0.15) is 5.75 Å². The van der Waals surface area contributed by atoms with E-state index in [0.29, 0.717) is 5.75 Å². The first-order valence-electron chi connectivity index (χ1n) is 7.27. The molecule has 0 spiro atoms. The van der Waals surface area contributed by atoms with Crippen LogP contribution in [0.15, 0.2) is 18.2 Å². The summed E-state index contributed by atoms with van der Waals surface area (Å²) in [6, 6.07) is 5.84. The van der Waals surface area contributed by atoms with Gasteiger partial charge in [0.25, 0.3) is 0 Å². The molecule has 2 unspecified atom stereocenters. The standard InChI is InChI=1S/C16H25NO3/c1-12(18)15-13(6-4-7-14(15)20-3)17-10-5-8-16(2,19)9-11-17/h4,6-7,12,18-19H,5,8-11H2,1-3H3. The lowest BCUT2D eigenvalue weighted by Crippen LogP contribution is -2.29. The second kappa shape index (κ2) is 6.02. The summed E-state index contributed by atoms with van der Waals surface area (Å²) in [5.74, 6) is 0.716. The van der Waals surface area contributed by atoms with E-state index >= 15 is 0 Å². The maximum absolute atomic E-state index is 10.2. The van der Waals surface area contributed by atoms with Crippen molar-refractivity contribution in [3.63, 3.8) is 0 Å². The summed E-state index contributed by atoms with van der Waals surface area (Å²) in [7, 11) is 1.62. The number of rotatable bonds is 3. The van der Waals surface area contributed by atoms with Crippen molar-refractivity contribution in [1.29, 1.82) is 0 Å². The zero-order valence-electron chi connectivity index (χ0n) is 12.6. The van der Waals surface area contributed by atoms with Gasteiger partial charge in [-0.1, -0.05) is 6.07 Å². The van der Waals surface area contributed by atoms with Gasteiger partial charge in [-0.2, -0.15) is 0 Å². The first-order chi connectivity index (χ1) is 9.44. The highest BCUT2D eigenvalue weighted by molar-refractivity contribution is 5.60. The molecule has 20 heavy (non-hydrogen) atoms. The first kappa shape index (κ1) is 15.1. The molecule has 2 N–H and O–H groups in total. The number of anilines is 1. The SMILES string of the molecule is COc1cccc(N2CCCC(C)(O)CC2)c1C(C)O. The van der Waals surface area contributed by atoms with Gasteiger partial charge in [0, 0.05) is 24.3 Å². The average Bonchev–Trinajstić information content (AvgIpc) is 2.58. The lowest BCUT2D eigenvalue weighted by atomic mass is 9.98. The molecule has 1 aromatic carbocycles. The fourth-order valence-electron chi connectivity index (χ4n) is 2.91. The number of benzene rings is 1. The summed E-state index contributed by atoms with van der Waals surface area (Å²) < 4.78 is 5.37. The Kier molecular flexibility index (Phi) is 4.55. The largest absolute Gasteiger partial charge is 0.496 e. The summed E-state index contributed by atoms with van der Waals surface area (Å²) in [5.41, 5.74) is 1.26. The van der Waals surface area contributed by atoms with Crippen molar-refractivity contribution in [2.45, 2.75) is 44.8 Å². The van der Waals surface area contributed by atoms with Crippen molar-refractivity contribution >= 4 is 5.69 Å². The van der Waals surface area contributed by atoms with E-state index in [1.54, 1.807) is 14.0 Å². The van der Waals surface area contributed by atoms with Crippen LogP contribution < -0.4 is 9.64 Å². The fraction of sp³-hybridized carbons (Fsp3) is 0.625. The molecule has 2 rings (SSSR count). The molecule has 4 nitrogen and oxygen atoms in total. The molecule has 0 saturated carbocycles. The zero-order valence-corrected chi connectivity index (χ0v) is 12.6. The smallest absolute Gasteiger partial charge is 0.126 e. The fourth-order valence-corrected chi connectivity index (χ4v) is 2.91. The molecular formula is C16H25NO3. The number of ether oxygens (including phenoxy) is 1. The number of aliphatic hydroxyl groups excluding tert-OH is 1. The number of nitrogens with zero attached hydrogens (tertiary/aromatic N) is 1. The van der Waals surface area contributed by atoms with Crippen LogP contribution in [0.25, 0.3) is 0 Å². The zero-order chi connectivity index (χ0) is 14.8. The van der Waals surface area contributed by atoms with E-state index in [0.717, 1.165) is 43.6 Å². The van der Waals surface area contributed by atoms with Gasteiger partial charge < -0.3 is 19.8 Å². The van der Waals surface area contributed by atoms with Gasteiger partial charge in [-0.3, -0.25) is 0 Å². The molecule has 1 heterocycles. The molecule has 0 amide bonds. The third-order valence-corrected chi connectivity index (χ3v) is 4.09. The summed E-state index contributed by atoms with van der Waals surface area (Å²) in [6.07, 6.45) is 1.93. The molecular weight excluding hydrogens is 254 g/mol. The van der Waals surface area contributed by atoms with Crippen molar-refractivity contribution in [1.82, 2.24) is 0 Å². The van der Waals surface area contributed by atoms with E-state index in [4.69, 9.17) is 4.74 Å². The molecule has 1 saturated heterocycles. The number of hydrogen-bond acceptors (Lipinski definition) is 4. The Hall–Kier alpha value is -1.26. The van der Waals surface area contributed by atoms with Crippen LogP contribution >= 0.6 is 0 Å². The summed E-state index contributed by atoms with van der Waals surface area (Å²) in [6.45, 7) is 5.34. The summed E-state index contributed by atoms with van der Waals surface area (Å²) in [4.78, 5) is 2.24. The molecule has 2 atom stereocenters. The minimum atomic E-state index is -0.585. The van der Waals surface area contributed by atoms with Crippen molar-refractivity contribution in [2.24, 2.45) is 0 Å². The van der Waals surface area contributed by atoms with E-state index in [9.17, 15) is 10.2 Å². The van der Waals surface area contributed by atoms with Crippen molar-refractivity contribution < 1.29 is 14.9 Å². The van der Waals surface area contributed by atoms with Gasteiger partial charge in [0.15, 0.2) is 0 Å². The van der Waals surface area contributed by atoms with Gasteiger partial charge in [-0.15, -0.1) is 0 Å². The van der Waals surface area contributed by atoms with Crippen LogP contribution in [0.2, 0.25) is 0 Å². The Bertz CT molecular complexity index is 457. The number of hydrogen-bond donors (Lipinski definition) is 2. The second-order valence-electron chi connectivity index (χ2n) is 5.91. The molecule has 1 fully saturated rings. The third-order valence-electron chi connectivity index (χ3n) is 4.09. The second-order valence-corrected chi connectivity index (χ2v) is 5.91.